The standard InChI is InChI=1S/C23H25N3O4S/c1-29-19-10-7-15(13-20(19)30-2)11-12-24-21(27)14-31-23-25-18-6-4-3-5-17(18)22(28)26(23)16-8-9-16/h3-7,10,13,16H,8-9,11-12,14H2,1-2H3,(H,24,27). The number of ether oxygens (including phenoxy) is 2. The number of fused-ring (bicyclic) bond motifs is 1. The zero-order valence-corrected chi connectivity index (χ0v) is 18.4. The Kier molecular flexibility index (Phi) is 6.46. The number of carbonyl (C=O) groups is 1. The lowest BCUT2D eigenvalue weighted by Gasteiger charge is -2.12. The van der Waals surface area contributed by atoms with Crippen molar-refractivity contribution < 1.29 is 14.3 Å². The predicted octanol–water partition coefficient (Wildman–Crippen LogP) is 3.20. The van der Waals surface area contributed by atoms with Gasteiger partial charge < -0.3 is 14.8 Å². The van der Waals surface area contributed by atoms with Gasteiger partial charge in [-0.15, -0.1) is 0 Å². The molecule has 0 unspecified atom stereocenters. The number of nitrogens with one attached hydrogen (secondary N) is 1. The zero-order chi connectivity index (χ0) is 21.8. The Morgan fingerprint density at radius 3 is 2.68 bits per heavy atom. The second-order valence-electron chi connectivity index (χ2n) is 7.40. The molecular weight excluding hydrogens is 414 g/mol. The van der Waals surface area contributed by atoms with Crippen molar-refractivity contribution in [1.29, 1.82) is 0 Å². The van der Waals surface area contributed by atoms with Gasteiger partial charge in [-0.3, -0.25) is 14.2 Å². The van der Waals surface area contributed by atoms with Crippen LogP contribution >= 0.6 is 11.8 Å². The third-order valence-corrected chi connectivity index (χ3v) is 6.16. The predicted molar refractivity (Wildman–Crippen MR) is 121 cm³/mol. The first-order chi connectivity index (χ1) is 15.1. The van der Waals surface area contributed by atoms with E-state index < -0.39 is 0 Å². The maximum atomic E-state index is 12.9. The van der Waals surface area contributed by atoms with Gasteiger partial charge in [0.2, 0.25) is 5.91 Å². The van der Waals surface area contributed by atoms with E-state index in [4.69, 9.17) is 9.47 Å². The number of para-hydroxylation sites is 1. The van der Waals surface area contributed by atoms with Crippen molar-refractivity contribution in [2.24, 2.45) is 0 Å². The van der Waals surface area contributed by atoms with Crippen molar-refractivity contribution in [3.8, 4) is 11.5 Å². The van der Waals surface area contributed by atoms with E-state index in [-0.39, 0.29) is 23.3 Å². The second-order valence-corrected chi connectivity index (χ2v) is 8.34. The Balaban J connectivity index is 1.37. The maximum Gasteiger partial charge on any atom is 0.262 e. The first kappa shape index (κ1) is 21.2. The SMILES string of the molecule is COc1ccc(CCNC(=O)CSc2nc3ccccc3c(=O)n2C2CC2)cc1OC. The van der Waals surface area contributed by atoms with E-state index in [2.05, 4.69) is 10.3 Å². The molecule has 1 aromatic heterocycles. The summed E-state index contributed by atoms with van der Waals surface area (Å²) in [5, 5.41) is 4.17. The smallest absolute Gasteiger partial charge is 0.262 e. The molecular formula is C23H25N3O4S. The molecule has 1 aliphatic rings. The lowest BCUT2D eigenvalue weighted by atomic mass is 10.1. The Morgan fingerprint density at radius 2 is 1.94 bits per heavy atom. The Morgan fingerprint density at radius 1 is 1.16 bits per heavy atom. The van der Waals surface area contributed by atoms with Gasteiger partial charge in [0, 0.05) is 12.6 Å². The van der Waals surface area contributed by atoms with E-state index >= 15 is 0 Å². The minimum Gasteiger partial charge on any atom is -0.493 e. The topological polar surface area (TPSA) is 82.5 Å². The molecule has 8 heteroatoms. The third-order valence-electron chi connectivity index (χ3n) is 5.20. The fraction of sp³-hybridized carbons (Fsp3) is 0.348. The Bertz CT molecular complexity index is 1160. The number of hydrogen-bond donors (Lipinski definition) is 1. The van der Waals surface area contributed by atoms with E-state index in [0.29, 0.717) is 40.5 Å². The molecule has 1 aliphatic carbocycles. The molecule has 0 radical (unpaired) electrons. The van der Waals surface area contributed by atoms with Gasteiger partial charge in [0.15, 0.2) is 16.7 Å². The number of rotatable bonds is 9. The fourth-order valence-corrected chi connectivity index (χ4v) is 4.34. The molecule has 0 atom stereocenters. The highest BCUT2D eigenvalue weighted by Crippen LogP contribution is 2.36. The van der Waals surface area contributed by atoms with Crippen LogP contribution in [0.5, 0.6) is 11.5 Å². The van der Waals surface area contributed by atoms with E-state index in [1.807, 2.05) is 36.4 Å². The van der Waals surface area contributed by atoms with Gasteiger partial charge in [-0.2, -0.15) is 0 Å². The lowest BCUT2D eigenvalue weighted by Crippen LogP contribution is -2.28. The van der Waals surface area contributed by atoms with Crippen LogP contribution in [0, 0.1) is 0 Å². The monoisotopic (exact) mass is 439 g/mol. The number of thioether (sulfide) groups is 1. The third kappa shape index (κ3) is 4.85. The van der Waals surface area contributed by atoms with Crippen molar-refractivity contribution in [3.05, 3.63) is 58.4 Å². The number of aromatic nitrogens is 2. The normalized spacial score (nSPS) is 13.2. The highest BCUT2D eigenvalue weighted by atomic mass is 32.2. The van der Waals surface area contributed by atoms with Gasteiger partial charge in [-0.05, 0) is 49.1 Å². The molecule has 3 aromatic rings. The summed E-state index contributed by atoms with van der Waals surface area (Å²) in [6.45, 7) is 0.509. The summed E-state index contributed by atoms with van der Waals surface area (Å²) in [6.07, 6.45) is 2.63. The summed E-state index contributed by atoms with van der Waals surface area (Å²) >= 11 is 1.31. The molecule has 1 fully saturated rings. The van der Waals surface area contributed by atoms with Gasteiger partial charge in [-0.1, -0.05) is 30.0 Å². The molecule has 0 spiro atoms. The minimum absolute atomic E-state index is 0.0236. The molecule has 162 valence electrons. The van der Waals surface area contributed by atoms with Gasteiger partial charge >= 0.3 is 0 Å². The summed E-state index contributed by atoms with van der Waals surface area (Å²) in [7, 11) is 3.20. The van der Waals surface area contributed by atoms with Crippen molar-refractivity contribution in [1.82, 2.24) is 14.9 Å². The summed E-state index contributed by atoms with van der Waals surface area (Å²) in [4.78, 5) is 29.9. The molecule has 2 aromatic carbocycles. The molecule has 31 heavy (non-hydrogen) atoms. The van der Waals surface area contributed by atoms with Gasteiger partial charge in [-0.25, -0.2) is 4.98 Å². The minimum atomic E-state index is -0.0877. The molecule has 0 bridgehead atoms. The second kappa shape index (κ2) is 9.43. The van der Waals surface area contributed by atoms with E-state index in [0.717, 1.165) is 18.4 Å². The summed E-state index contributed by atoms with van der Waals surface area (Å²) in [5.74, 6) is 1.47. The number of nitrogens with zero attached hydrogens (tertiary/aromatic N) is 2. The van der Waals surface area contributed by atoms with Crippen LogP contribution < -0.4 is 20.3 Å². The maximum absolute atomic E-state index is 12.9. The summed E-state index contributed by atoms with van der Waals surface area (Å²) < 4.78 is 12.3. The molecule has 1 saturated carbocycles. The molecule has 7 nitrogen and oxygen atoms in total. The van der Waals surface area contributed by atoms with Gasteiger partial charge in [0.1, 0.15) is 0 Å². The number of hydrogen-bond acceptors (Lipinski definition) is 6. The average molecular weight is 440 g/mol. The zero-order valence-electron chi connectivity index (χ0n) is 17.6. The van der Waals surface area contributed by atoms with Crippen molar-refractivity contribution in [3.63, 3.8) is 0 Å². The molecule has 1 N–H and O–H groups in total. The van der Waals surface area contributed by atoms with Crippen LogP contribution in [0.3, 0.4) is 0 Å². The van der Waals surface area contributed by atoms with E-state index in [9.17, 15) is 9.59 Å². The number of carbonyl (C=O) groups excluding carboxylic acids is 1. The largest absolute Gasteiger partial charge is 0.493 e. The summed E-state index contributed by atoms with van der Waals surface area (Å²) in [5.41, 5.74) is 1.69. The van der Waals surface area contributed by atoms with Gasteiger partial charge in [0.25, 0.3) is 5.56 Å². The molecule has 1 heterocycles. The Hall–Kier alpha value is -3.00. The summed E-state index contributed by atoms with van der Waals surface area (Å²) in [6, 6.07) is 13.3. The van der Waals surface area contributed by atoms with Gasteiger partial charge in [0.05, 0.1) is 30.9 Å². The van der Waals surface area contributed by atoms with Crippen LogP contribution in [0.4, 0.5) is 0 Å². The van der Waals surface area contributed by atoms with Crippen molar-refractivity contribution in [2.45, 2.75) is 30.5 Å². The molecule has 4 rings (SSSR count). The van der Waals surface area contributed by atoms with Crippen LogP contribution in [0.25, 0.3) is 10.9 Å². The average Bonchev–Trinajstić information content (AvgIpc) is 3.62. The molecule has 0 aliphatic heterocycles. The van der Waals surface area contributed by atoms with Crippen LogP contribution in [0.2, 0.25) is 0 Å². The first-order valence-electron chi connectivity index (χ1n) is 10.2. The van der Waals surface area contributed by atoms with Crippen molar-refractivity contribution >= 4 is 28.6 Å². The lowest BCUT2D eigenvalue weighted by molar-refractivity contribution is -0.118. The van der Waals surface area contributed by atoms with Crippen LogP contribution in [-0.4, -0.2) is 42.0 Å². The van der Waals surface area contributed by atoms with E-state index in [1.165, 1.54) is 11.8 Å². The Labute approximate surface area is 184 Å². The van der Waals surface area contributed by atoms with Crippen LogP contribution in [0.1, 0.15) is 24.4 Å². The molecule has 0 saturated heterocycles. The quantitative estimate of drug-likeness (QED) is 0.407. The van der Waals surface area contributed by atoms with Crippen molar-refractivity contribution in [2.75, 3.05) is 26.5 Å². The molecule has 1 amide bonds. The fourth-order valence-electron chi connectivity index (χ4n) is 3.45. The number of methoxy groups -OCH3 is 2. The number of amides is 1. The highest BCUT2D eigenvalue weighted by Gasteiger charge is 2.28. The highest BCUT2D eigenvalue weighted by molar-refractivity contribution is 7.99. The van der Waals surface area contributed by atoms with E-state index in [1.54, 1.807) is 24.9 Å². The van der Waals surface area contributed by atoms with Crippen LogP contribution in [-0.2, 0) is 11.2 Å². The van der Waals surface area contributed by atoms with Crippen LogP contribution in [0.15, 0.2) is 52.4 Å². The first-order valence-corrected chi connectivity index (χ1v) is 11.2. The number of benzene rings is 2.